The number of nitrogens with zero attached hydrogens (tertiary/aromatic N) is 4. The maximum Gasteiger partial charge on any atom is 0.243 e. The third-order valence-electron chi connectivity index (χ3n) is 2.71. The van der Waals surface area contributed by atoms with Gasteiger partial charge < -0.3 is 15.0 Å². The molecule has 2 heterocycles. The summed E-state index contributed by atoms with van der Waals surface area (Å²) in [6.07, 6.45) is 2.94. The van der Waals surface area contributed by atoms with E-state index in [0.717, 1.165) is 19.3 Å². The number of rotatable bonds is 6. The molecule has 0 radical (unpaired) electrons. The minimum Gasteiger partial charge on any atom is -0.480 e. The topological polar surface area (TPSA) is 100.0 Å². The van der Waals surface area contributed by atoms with Crippen molar-refractivity contribution in [1.29, 1.82) is 0 Å². The Labute approximate surface area is 111 Å². The third kappa shape index (κ3) is 3.25. The molecule has 2 N–H and O–H groups in total. The lowest BCUT2D eigenvalue weighted by Crippen LogP contribution is -2.10. The van der Waals surface area contributed by atoms with Gasteiger partial charge in [-0.3, -0.25) is 0 Å². The number of ether oxygens (including phenoxy) is 1. The van der Waals surface area contributed by atoms with Crippen molar-refractivity contribution < 1.29 is 9.26 Å². The van der Waals surface area contributed by atoms with Gasteiger partial charge in [0.1, 0.15) is 5.69 Å². The second kappa shape index (κ2) is 6.24. The molecule has 7 heteroatoms. The molecule has 102 valence electrons. The fourth-order valence-electron chi connectivity index (χ4n) is 1.59. The average molecular weight is 263 g/mol. The molecule has 2 aromatic rings. The maximum absolute atomic E-state index is 5.97. The normalized spacial score (nSPS) is 12.4. The van der Waals surface area contributed by atoms with E-state index in [1.807, 2.05) is 0 Å². The highest BCUT2D eigenvalue weighted by molar-refractivity contribution is 5.47. The Balaban J connectivity index is 2.11. The van der Waals surface area contributed by atoms with E-state index in [1.54, 1.807) is 12.1 Å². The molecular formula is C12H17N5O2. The van der Waals surface area contributed by atoms with Crippen molar-refractivity contribution >= 4 is 0 Å². The van der Waals surface area contributed by atoms with E-state index in [2.05, 4.69) is 27.3 Å². The molecule has 0 bridgehead atoms. The van der Waals surface area contributed by atoms with Crippen LogP contribution in [-0.4, -0.2) is 27.4 Å². The number of hydrogen-bond acceptors (Lipinski definition) is 7. The van der Waals surface area contributed by atoms with Crippen molar-refractivity contribution in [1.82, 2.24) is 20.3 Å². The second-order valence-corrected chi connectivity index (χ2v) is 4.17. The van der Waals surface area contributed by atoms with Crippen molar-refractivity contribution in [2.75, 3.05) is 7.11 Å². The highest BCUT2D eigenvalue weighted by Gasteiger charge is 2.16. The Hall–Kier alpha value is -2.02. The van der Waals surface area contributed by atoms with Gasteiger partial charge in [-0.2, -0.15) is 4.98 Å². The van der Waals surface area contributed by atoms with Crippen molar-refractivity contribution in [3.8, 4) is 17.4 Å². The molecule has 0 aliphatic carbocycles. The first-order chi connectivity index (χ1) is 9.24. The predicted molar refractivity (Wildman–Crippen MR) is 68.3 cm³/mol. The maximum atomic E-state index is 5.97. The molecule has 0 saturated heterocycles. The van der Waals surface area contributed by atoms with Gasteiger partial charge in [0.2, 0.25) is 17.6 Å². The van der Waals surface area contributed by atoms with Gasteiger partial charge in [-0.15, -0.1) is 10.2 Å². The molecular weight excluding hydrogens is 246 g/mol. The summed E-state index contributed by atoms with van der Waals surface area (Å²) in [7, 11) is 1.53. The van der Waals surface area contributed by atoms with Gasteiger partial charge in [-0.1, -0.05) is 24.9 Å². The Morgan fingerprint density at radius 2 is 2.21 bits per heavy atom. The van der Waals surface area contributed by atoms with Gasteiger partial charge >= 0.3 is 0 Å². The smallest absolute Gasteiger partial charge is 0.243 e. The van der Waals surface area contributed by atoms with Crippen LogP contribution in [0.25, 0.3) is 11.5 Å². The molecule has 0 aliphatic heterocycles. The zero-order chi connectivity index (χ0) is 13.7. The lowest BCUT2D eigenvalue weighted by Gasteiger charge is -2.03. The summed E-state index contributed by atoms with van der Waals surface area (Å²) in [5, 5.41) is 11.7. The SMILES string of the molecule is CCCCC(N)c1nc(-c2ccc(OC)nn2)no1. The average Bonchev–Trinajstić information content (AvgIpc) is 2.94. The Bertz CT molecular complexity index is 511. The van der Waals surface area contributed by atoms with Crippen LogP contribution in [0.5, 0.6) is 5.88 Å². The molecule has 19 heavy (non-hydrogen) atoms. The van der Waals surface area contributed by atoms with Crippen molar-refractivity contribution in [2.45, 2.75) is 32.2 Å². The number of unbranched alkanes of at least 4 members (excludes halogenated alkanes) is 1. The molecule has 2 aromatic heterocycles. The fraction of sp³-hybridized carbons (Fsp3) is 0.500. The molecule has 0 saturated carbocycles. The molecule has 7 nitrogen and oxygen atoms in total. The predicted octanol–water partition coefficient (Wildman–Crippen LogP) is 1.73. The summed E-state index contributed by atoms with van der Waals surface area (Å²) in [5.41, 5.74) is 6.49. The van der Waals surface area contributed by atoms with E-state index < -0.39 is 0 Å². The van der Waals surface area contributed by atoms with Crippen LogP contribution in [-0.2, 0) is 0 Å². The monoisotopic (exact) mass is 263 g/mol. The fourth-order valence-corrected chi connectivity index (χ4v) is 1.59. The Kier molecular flexibility index (Phi) is 4.40. The van der Waals surface area contributed by atoms with Gasteiger partial charge in [-0.25, -0.2) is 0 Å². The minimum atomic E-state index is -0.229. The molecule has 0 aliphatic rings. The van der Waals surface area contributed by atoms with E-state index in [0.29, 0.717) is 23.3 Å². The summed E-state index contributed by atoms with van der Waals surface area (Å²) in [6, 6.07) is 3.18. The molecule has 0 aromatic carbocycles. The first-order valence-corrected chi connectivity index (χ1v) is 6.22. The third-order valence-corrected chi connectivity index (χ3v) is 2.71. The first kappa shape index (κ1) is 13.4. The molecule has 0 amide bonds. The van der Waals surface area contributed by atoms with E-state index in [1.165, 1.54) is 7.11 Å². The summed E-state index contributed by atoms with van der Waals surface area (Å²) >= 11 is 0. The van der Waals surface area contributed by atoms with Gasteiger partial charge in [0.05, 0.1) is 13.2 Å². The van der Waals surface area contributed by atoms with Crippen molar-refractivity contribution in [3.05, 3.63) is 18.0 Å². The summed E-state index contributed by atoms with van der Waals surface area (Å²) in [6.45, 7) is 2.11. The lowest BCUT2D eigenvalue weighted by atomic mass is 10.1. The van der Waals surface area contributed by atoms with E-state index in [-0.39, 0.29) is 6.04 Å². The van der Waals surface area contributed by atoms with Gasteiger partial charge in [-0.05, 0) is 12.5 Å². The van der Waals surface area contributed by atoms with E-state index in [4.69, 9.17) is 15.0 Å². The molecule has 0 fully saturated rings. The van der Waals surface area contributed by atoms with Gasteiger partial charge in [0, 0.05) is 6.07 Å². The van der Waals surface area contributed by atoms with Crippen LogP contribution in [0, 0.1) is 0 Å². The molecule has 0 spiro atoms. The molecule has 1 unspecified atom stereocenters. The minimum absolute atomic E-state index is 0.229. The summed E-state index contributed by atoms with van der Waals surface area (Å²) in [5.74, 6) is 1.25. The lowest BCUT2D eigenvalue weighted by molar-refractivity contribution is 0.346. The van der Waals surface area contributed by atoms with Crippen LogP contribution >= 0.6 is 0 Å². The zero-order valence-electron chi connectivity index (χ0n) is 11.0. The van der Waals surface area contributed by atoms with Crippen molar-refractivity contribution in [3.63, 3.8) is 0 Å². The summed E-state index contributed by atoms with van der Waals surface area (Å²) < 4.78 is 10.1. The van der Waals surface area contributed by atoms with Crippen LogP contribution in [0.2, 0.25) is 0 Å². The number of hydrogen-bond donors (Lipinski definition) is 1. The molecule has 2 rings (SSSR count). The first-order valence-electron chi connectivity index (χ1n) is 6.22. The van der Waals surface area contributed by atoms with E-state index >= 15 is 0 Å². The molecule has 1 atom stereocenters. The largest absolute Gasteiger partial charge is 0.480 e. The second-order valence-electron chi connectivity index (χ2n) is 4.17. The van der Waals surface area contributed by atoms with Crippen LogP contribution in [0.3, 0.4) is 0 Å². The van der Waals surface area contributed by atoms with Crippen LogP contribution in [0.1, 0.15) is 38.1 Å². The summed E-state index contributed by atoms with van der Waals surface area (Å²) in [4.78, 5) is 4.24. The quantitative estimate of drug-likeness (QED) is 0.846. The van der Waals surface area contributed by atoms with Gasteiger partial charge in [0.25, 0.3) is 0 Å². The Morgan fingerprint density at radius 3 is 2.84 bits per heavy atom. The zero-order valence-corrected chi connectivity index (χ0v) is 11.0. The number of nitrogens with two attached hydrogens (primary N) is 1. The van der Waals surface area contributed by atoms with Crippen LogP contribution in [0.4, 0.5) is 0 Å². The van der Waals surface area contributed by atoms with Crippen molar-refractivity contribution in [2.24, 2.45) is 5.73 Å². The number of methoxy groups -OCH3 is 1. The highest BCUT2D eigenvalue weighted by Crippen LogP contribution is 2.19. The highest BCUT2D eigenvalue weighted by atomic mass is 16.5. The van der Waals surface area contributed by atoms with E-state index in [9.17, 15) is 0 Å². The van der Waals surface area contributed by atoms with Gasteiger partial charge in [0.15, 0.2) is 0 Å². The van der Waals surface area contributed by atoms with Crippen LogP contribution in [0.15, 0.2) is 16.7 Å². The Morgan fingerprint density at radius 1 is 1.37 bits per heavy atom. The van der Waals surface area contributed by atoms with Crippen LogP contribution < -0.4 is 10.5 Å². The number of aromatic nitrogens is 4. The standard InChI is InChI=1S/C12H17N5O2/c1-3-4-5-8(13)12-14-11(17-19-12)9-6-7-10(18-2)16-15-9/h6-8H,3-5,13H2,1-2H3.